The Bertz CT molecular complexity index is 499. The minimum absolute atomic E-state index is 0.0654. The highest BCUT2D eigenvalue weighted by Gasteiger charge is 2.24. The average Bonchev–Trinajstić information content (AvgIpc) is 2.39. The Morgan fingerprint density at radius 2 is 2.42 bits per heavy atom. The van der Waals surface area contributed by atoms with Gasteiger partial charge >= 0.3 is 0 Å². The second-order valence-corrected chi connectivity index (χ2v) is 4.27. The van der Waals surface area contributed by atoms with Crippen LogP contribution in [0, 0.1) is 10.1 Å². The summed E-state index contributed by atoms with van der Waals surface area (Å²) < 4.78 is 5.23. The maximum Gasteiger partial charge on any atom is 0.300 e. The third-order valence-corrected chi connectivity index (χ3v) is 2.84. The van der Waals surface area contributed by atoms with Crippen molar-refractivity contribution in [3.63, 3.8) is 0 Å². The number of hydrogen-bond donors (Lipinski definition) is 2. The van der Waals surface area contributed by atoms with E-state index in [1.165, 1.54) is 6.07 Å². The number of ether oxygens (including phenoxy) is 1. The molecule has 0 radical (unpaired) electrons. The van der Waals surface area contributed by atoms with E-state index in [-0.39, 0.29) is 23.1 Å². The molecule has 1 aromatic heterocycles. The van der Waals surface area contributed by atoms with Crippen LogP contribution in [0.15, 0.2) is 12.3 Å². The lowest BCUT2D eigenvalue weighted by molar-refractivity contribution is -0.385. The van der Waals surface area contributed by atoms with Crippen molar-refractivity contribution >= 4 is 17.4 Å². The van der Waals surface area contributed by atoms with E-state index in [0.717, 1.165) is 19.0 Å². The van der Waals surface area contributed by atoms with E-state index in [4.69, 9.17) is 10.5 Å². The second-order valence-electron chi connectivity index (χ2n) is 4.27. The van der Waals surface area contributed by atoms with E-state index < -0.39 is 10.8 Å². The first-order valence-electron chi connectivity index (χ1n) is 5.86. The number of nitrogens with one attached hydrogen (secondary N) is 1. The summed E-state index contributed by atoms with van der Waals surface area (Å²) in [5, 5.41) is 13.6. The van der Waals surface area contributed by atoms with E-state index in [1.54, 1.807) is 0 Å². The summed E-state index contributed by atoms with van der Waals surface area (Å²) in [6.45, 7) is 1.09. The van der Waals surface area contributed by atoms with Crippen molar-refractivity contribution in [1.82, 2.24) is 10.3 Å². The van der Waals surface area contributed by atoms with Gasteiger partial charge in [-0.25, -0.2) is 4.98 Å². The SMILES string of the molecule is Nc1cc(C(=O)NC2CCCOC2)c([N+](=O)[O-])cn1. The molecular weight excluding hydrogens is 252 g/mol. The fraction of sp³-hybridized carbons (Fsp3) is 0.455. The van der Waals surface area contributed by atoms with Crippen LogP contribution >= 0.6 is 0 Å². The van der Waals surface area contributed by atoms with Crippen LogP contribution in [0.25, 0.3) is 0 Å². The van der Waals surface area contributed by atoms with Crippen molar-refractivity contribution in [3.05, 3.63) is 27.9 Å². The number of nitro groups is 1. The summed E-state index contributed by atoms with van der Waals surface area (Å²) in [5.41, 5.74) is 5.02. The zero-order valence-corrected chi connectivity index (χ0v) is 10.2. The van der Waals surface area contributed by atoms with Crippen LogP contribution in [-0.2, 0) is 4.74 Å². The van der Waals surface area contributed by atoms with Crippen LogP contribution in [0.3, 0.4) is 0 Å². The van der Waals surface area contributed by atoms with Gasteiger partial charge in [-0.2, -0.15) is 0 Å². The van der Waals surface area contributed by atoms with Gasteiger partial charge in [0.15, 0.2) is 0 Å². The highest BCUT2D eigenvalue weighted by molar-refractivity contribution is 5.98. The maximum atomic E-state index is 12.0. The molecule has 1 amide bonds. The monoisotopic (exact) mass is 266 g/mol. The third-order valence-electron chi connectivity index (χ3n) is 2.84. The third kappa shape index (κ3) is 3.16. The zero-order chi connectivity index (χ0) is 13.8. The summed E-state index contributed by atoms with van der Waals surface area (Å²) in [6, 6.07) is 1.08. The maximum absolute atomic E-state index is 12.0. The number of pyridine rings is 1. The lowest BCUT2D eigenvalue weighted by Crippen LogP contribution is -2.40. The second kappa shape index (κ2) is 5.61. The Kier molecular flexibility index (Phi) is 3.91. The number of nitrogen functional groups attached to an aromatic ring is 1. The number of anilines is 1. The fourth-order valence-corrected chi connectivity index (χ4v) is 1.91. The molecule has 1 saturated heterocycles. The van der Waals surface area contributed by atoms with Crippen molar-refractivity contribution in [2.45, 2.75) is 18.9 Å². The number of carbonyl (C=O) groups excluding carboxylic acids is 1. The van der Waals surface area contributed by atoms with Gasteiger partial charge in [-0.15, -0.1) is 0 Å². The van der Waals surface area contributed by atoms with Gasteiger partial charge < -0.3 is 15.8 Å². The van der Waals surface area contributed by atoms with Gasteiger partial charge in [-0.1, -0.05) is 0 Å². The van der Waals surface area contributed by atoms with Gasteiger partial charge in [-0.3, -0.25) is 14.9 Å². The summed E-state index contributed by atoms with van der Waals surface area (Å²) in [5.74, 6) is -0.466. The smallest absolute Gasteiger partial charge is 0.300 e. The molecule has 3 N–H and O–H groups in total. The highest BCUT2D eigenvalue weighted by Crippen LogP contribution is 2.19. The molecule has 2 heterocycles. The van der Waals surface area contributed by atoms with Gasteiger partial charge in [0.05, 0.1) is 17.6 Å². The van der Waals surface area contributed by atoms with Crippen molar-refractivity contribution in [1.29, 1.82) is 0 Å². The molecule has 1 atom stereocenters. The molecule has 0 aliphatic carbocycles. The number of nitrogens with zero attached hydrogens (tertiary/aromatic N) is 2. The largest absolute Gasteiger partial charge is 0.384 e. The van der Waals surface area contributed by atoms with Crippen LogP contribution in [0.1, 0.15) is 23.2 Å². The summed E-state index contributed by atoms with van der Waals surface area (Å²) >= 11 is 0. The number of nitrogens with two attached hydrogens (primary N) is 1. The summed E-state index contributed by atoms with van der Waals surface area (Å²) in [7, 11) is 0. The topological polar surface area (TPSA) is 120 Å². The van der Waals surface area contributed by atoms with Gasteiger partial charge in [0.1, 0.15) is 17.6 Å². The molecule has 8 heteroatoms. The number of amides is 1. The Labute approximate surface area is 109 Å². The van der Waals surface area contributed by atoms with Crippen molar-refractivity contribution < 1.29 is 14.5 Å². The Morgan fingerprint density at radius 3 is 3.05 bits per heavy atom. The van der Waals surface area contributed by atoms with Crippen LogP contribution in [-0.4, -0.2) is 35.1 Å². The predicted octanol–water partition coefficient (Wildman–Crippen LogP) is 0.481. The van der Waals surface area contributed by atoms with E-state index in [2.05, 4.69) is 10.3 Å². The van der Waals surface area contributed by atoms with Crippen LogP contribution in [0.2, 0.25) is 0 Å². The molecule has 0 bridgehead atoms. The number of aromatic nitrogens is 1. The Hall–Kier alpha value is -2.22. The molecule has 1 aliphatic rings. The fourth-order valence-electron chi connectivity index (χ4n) is 1.91. The average molecular weight is 266 g/mol. The molecule has 102 valence electrons. The molecule has 19 heavy (non-hydrogen) atoms. The standard InChI is InChI=1S/C11H14N4O4/c12-10-4-8(9(5-13-10)15(17)18)11(16)14-7-2-1-3-19-6-7/h4-5,7H,1-3,6H2,(H2,12,13)(H,14,16). The van der Waals surface area contributed by atoms with E-state index in [0.29, 0.717) is 13.2 Å². The van der Waals surface area contributed by atoms with Crippen molar-refractivity contribution in [3.8, 4) is 0 Å². The normalized spacial score (nSPS) is 18.8. The molecule has 2 rings (SSSR count). The van der Waals surface area contributed by atoms with Crippen LogP contribution < -0.4 is 11.1 Å². The molecule has 1 aliphatic heterocycles. The lowest BCUT2D eigenvalue weighted by atomic mass is 10.1. The minimum atomic E-state index is -0.654. The first kappa shape index (κ1) is 13.2. The molecule has 0 aromatic carbocycles. The zero-order valence-electron chi connectivity index (χ0n) is 10.2. The van der Waals surface area contributed by atoms with E-state index >= 15 is 0 Å². The van der Waals surface area contributed by atoms with Crippen molar-refractivity contribution in [2.24, 2.45) is 0 Å². The van der Waals surface area contributed by atoms with Gasteiger partial charge in [0, 0.05) is 6.61 Å². The lowest BCUT2D eigenvalue weighted by Gasteiger charge is -2.23. The first-order valence-corrected chi connectivity index (χ1v) is 5.86. The Morgan fingerprint density at radius 1 is 1.63 bits per heavy atom. The molecule has 1 fully saturated rings. The quantitative estimate of drug-likeness (QED) is 0.606. The summed E-state index contributed by atoms with van der Waals surface area (Å²) in [6.07, 6.45) is 2.63. The predicted molar refractivity (Wildman–Crippen MR) is 66.6 cm³/mol. The number of hydrogen-bond acceptors (Lipinski definition) is 6. The van der Waals surface area contributed by atoms with Gasteiger partial charge in [-0.05, 0) is 18.9 Å². The number of carbonyl (C=O) groups is 1. The summed E-state index contributed by atoms with van der Waals surface area (Å²) in [4.78, 5) is 25.9. The molecule has 0 spiro atoms. The van der Waals surface area contributed by atoms with Crippen LogP contribution in [0.4, 0.5) is 11.5 Å². The van der Waals surface area contributed by atoms with Crippen molar-refractivity contribution in [2.75, 3.05) is 18.9 Å². The van der Waals surface area contributed by atoms with E-state index in [1.807, 2.05) is 0 Å². The van der Waals surface area contributed by atoms with Gasteiger partial charge in [0.2, 0.25) is 0 Å². The highest BCUT2D eigenvalue weighted by atomic mass is 16.6. The minimum Gasteiger partial charge on any atom is -0.384 e. The number of rotatable bonds is 3. The molecular formula is C11H14N4O4. The Balaban J connectivity index is 2.17. The van der Waals surface area contributed by atoms with E-state index in [9.17, 15) is 14.9 Å². The first-order chi connectivity index (χ1) is 9.08. The molecule has 0 saturated carbocycles. The molecule has 1 unspecified atom stereocenters. The molecule has 1 aromatic rings. The van der Waals surface area contributed by atoms with Gasteiger partial charge in [0.25, 0.3) is 11.6 Å². The van der Waals surface area contributed by atoms with Crippen LogP contribution in [0.5, 0.6) is 0 Å². The molecule has 8 nitrogen and oxygen atoms in total.